The van der Waals surface area contributed by atoms with Crippen molar-refractivity contribution in [3.05, 3.63) is 64.6 Å². The molecular formula is C21H23BrN4OS. The zero-order valence-electron chi connectivity index (χ0n) is 15.9. The van der Waals surface area contributed by atoms with E-state index in [9.17, 15) is 4.79 Å². The molecule has 3 aromatic rings. The highest BCUT2D eigenvalue weighted by Crippen LogP contribution is 2.30. The van der Waals surface area contributed by atoms with Gasteiger partial charge >= 0.3 is 0 Å². The summed E-state index contributed by atoms with van der Waals surface area (Å²) in [7, 11) is 0. The summed E-state index contributed by atoms with van der Waals surface area (Å²) in [4.78, 5) is 12.2. The Hall–Kier alpha value is -2.12. The third-order valence-corrected chi connectivity index (χ3v) is 6.03. The van der Waals surface area contributed by atoms with Gasteiger partial charge in [0.1, 0.15) is 0 Å². The van der Waals surface area contributed by atoms with Gasteiger partial charge in [0.05, 0.1) is 12.3 Å². The van der Waals surface area contributed by atoms with Crippen molar-refractivity contribution in [3.8, 4) is 11.4 Å². The largest absolute Gasteiger partial charge is 0.353 e. The summed E-state index contributed by atoms with van der Waals surface area (Å²) in [5.74, 6) is 1.10. The van der Waals surface area contributed by atoms with Crippen LogP contribution in [0.1, 0.15) is 25.8 Å². The molecule has 0 aliphatic rings. The number of amides is 1. The molecule has 0 aliphatic heterocycles. The first kappa shape index (κ1) is 20.6. The van der Waals surface area contributed by atoms with Gasteiger partial charge in [0.2, 0.25) is 5.91 Å². The molecule has 1 amide bonds. The second-order valence-electron chi connectivity index (χ2n) is 6.52. The molecule has 0 saturated carbocycles. The van der Waals surface area contributed by atoms with Crippen LogP contribution in [0.3, 0.4) is 0 Å². The van der Waals surface area contributed by atoms with Crippen LogP contribution in [0.5, 0.6) is 0 Å². The van der Waals surface area contributed by atoms with E-state index in [2.05, 4.69) is 55.1 Å². The smallest absolute Gasteiger partial charge is 0.230 e. The lowest BCUT2D eigenvalue weighted by Crippen LogP contribution is -2.33. The molecule has 7 heteroatoms. The Kier molecular flexibility index (Phi) is 7.28. The Balaban J connectivity index is 1.87. The quantitative estimate of drug-likeness (QED) is 0.494. The van der Waals surface area contributed by atoms with Crippen LogP contribution in [-0.4, -0.2) is 32.5 Å². The second-order valence-corrected chi connectivity index (χ2v) is 8.32. The van der Waals surface area contributed by atoms with Crippen LogP contribution in [0, 0.1) is 0 Å². The minimum atomic E-state index is 0.0102. The summed E-state index contributed by atoms with van der Waals surface area (Å²) in [5.41, 5.74) is 2.13. The van der Waals surface area contributed by atoms with Crippen molar-refractivity contribution < 1.29 is 4.79 Å². The van der Waals surface area contributed by atoms with Crippen LogP contribution in [0.4, 0.5) is 0 Å². The van der Waals surface area contributed by atoms with Gasteiger partial charge in [0.25, 0.3) is 0 Å². The summed E-state index contributed by atoms with van der Waals surface area (Å²) in [6, 6.07) is 18.3. The van der Waals surface area contributed by atoms with Gasteiger partial charge in [0.15, 0.2) is 11.0 Å². The zero-order valence-corrected chi connectivity index (χ0v) is 18.3. The molecule has 3 rings (SSSR count). The Labute approximate surface area is 178 Å². The third kappa shape index (κ3) is 5.23. The van der Waals surface area contributed by atoms with E-state index in [1.807, 2.05) is 49.4 Å². The first-order valence-electron chi connectivity index (χ1n) is 9.22. The molecule has 0 fully saturated rings. The van der Waals surface area contributed by atoms with Gasteiger partial charge in [-0.15, -0.1) is 10.2 Å². The summed E-state index contributed by atoms with van der Waals surface area (Å²) >= 11 is 5.02. The highest BCUT2D eigenvalue weighted by Gasteiger charge is 2.18. The SMILES string of the molecule is CCC(C)NC(=O)CSc1nnc(-c2ccccc2Br)n1Cc1ccccc1. The van der Waals surface area contributed by atoms with E-state index in [-0.39, 0.29) is 11.9 Å². The zero-order chi connectivity index (χ0) is 19.9. The van der Waals surface area contributed by atoms with Crippen LogP contribution in [0.25, 0.3) is 11.4 Å². The lowest BCUT2D eigenvalue weighted by atomic mass is 10.2. The number of carbonyl (C=O) groups is 1. The maximum Gasteiger partial charge on any atom is 0.230 e. The Morgan fingerprint density at radius 3 is 2.57 bits per heavy atom. The van der Waals surface area contributed by atoms with Gasteiger partial charge in [-0.3, -0.25) is 9.36 Å². The standard InChI is InChI=1S/C21H23BrN4OS/c1-3-15(2)23-19(27)14-28-21-25-24-20(17-11-7-8-12-18(17)22)26(21)13-16-9-5-4-6-10-16/h4-12,15H,3,13-14H2,1-2H3,(H,23,27). The molecule has 1 atom stereocenters. The van der Waals surface area contributed by atoms with Crippen LogP contribution >= 0.6 is 27.7 Å². The predicted octanol–water partition coefficient (Wildman–Crippen LogP) is 4.76. The Morgan fingerprint density at radius 1 is 1.14 bits per heavy atom. The molecule has 2 aromatic carbocycles. The molecule has 146 valence electrons. The Morgan fingerprint density at radius 2 is 1.86 bits per heavy atom. The van der Waals surface area contributed by atoms with Crippen molar-refractivity contribution in [2.75, 3.05) is 5.75 Å². The molecule has 0 radical (unpaired) electrons. The van der Waals surface area contributed by atoms with Crippen molar-refractivity contribution >= 4 is 33.6 Å². The molecule has 1 heterocycles. The molecule has 0 bridgehead atoms. The van der Waals surface area contributed by atoms with Crippen molar-refractivity contribution in [2.24, 2.45) is 0 Å². The van der Waals surface area contributed by atoms with Gasteiger partial charge < -0.3 is 5.32 Å². The van der Waals surface area contributed by atoms with E-state index in [0.29, 0.717) is 12.3 Å². The van der Waals surface area contributed by atoms with Crippen LogP contribution in [0.2, 0.25) is 0 Å². The van der Waals surface area contributed by atoms with E-state index in [0.717, 1.165) is 33.0 Å². The van der Waals surface area contributed by atoms with Gasteiger partial charge in [-0.25, -0.2) is 0 Å². The minimum absolute atomic E-state index is 0.0102. The topological polar surface area (TPSA) is 59.8 Å². The molecule has 0 saturated heterocycles. The maximum absolute atomic E-state index is 12.2. The van der Waals surface area contributed by atoms with E-state index in [1.54, 1.807) is 0 Å². The number of nitrogens with zero attached hydrogens (tertiary/aromatic N) is 3. The normalized spacial score (nSPS) is 12.0. The summed E-state index contributed by atoms with van der Waals surface area (Å²) in [5, 5.41) is 12.5. The predicted molar refractivity (Wildman–Crippen MR) is 117 cm³/mol. The Bertz CT molecular complexity index is 929. The molecular weight excluding hydrogens is 436 g/mol. The monoisotopic (exact) mass is 458 g/mol. The second kappa shape index (κ2) is 9.89. The van der Waals surface area contributed by atoms with Gasteiger partial charge in [-0.2, -0.15) is 0 Å². The number of halogens is 1. The first-order chi connectivity index (χ1) is 13.6. The van der Waals surface area contributed by atoms with Crippen molar-refractivity contribution in [3.63, 3.8) is 0 Å². The summed E-state index contributed by atoms with van der Waals surface area (Å²) < 4.78 is 3.03. The number of benzene rings is 2. The van der Waals surface area contributed by atoms with E-state index >= 15 is 0 Å². The molecule has 1 aromatic heterocycles. The fourth-order valence-electron chi connectivity index (χ4n) is 2.69. The molecule has 5 nitrogen and oxygen atoms in total. The van der Waals surface area contributed by atoms with E-state index in [4.69, 9.17) is 0 Å². The van der Waals surface area contributed by atoms with Crippen LogP contribution in [0.15, 0.2) is 64.2 Å². The molecule has 0 spiro atoms. The van der Waals surface area contributed by atoms with Crippen molar-refractivity contribution in [2.45, 2.75) is 38.0 Å². The van der Waals surface area contributed by atoms with Crippen molar-refractivity contribution in [1.29, 1.82) is 0 Å². The fourth-order valence-corrected chi connectivity index (χ4v) is 3.91. The van der Waals surface area contributed by atoms with E-state index in [1.165, 1.54) is 11.8 Å². The number of hydrogen-bond donors (Lipinski definition) is 1. The number of aromatic nitrogens is 3. The fraction of sp³-hybridized carbons (Fsp3) is 0.286. The lowest BCUT2D eigenvalue weighted by molar-refractivity contribution is -0.119. The lowest BCUT2D eigenvalue weighted by Gasteiger charge is -2.13. The molecule has 1 N–H and O–H groups in total. The average Bonchev–Trinajstić information content (AvgIpc) is 3.09. The van der Waals surface area contributed by atoms with Gasteiger partial charge in [-0.05, 0) is 25.0 Å². The molecule has 28 heavy (non-hydrogen) atoms. The molecule has 1 unspecified atom stereocenters. The average molecular weight is 459 g/mol. The number of nitrogens with one attached hydrogen (secondary N) is 1. The van der Waals surface area contributed by atoms with E-state index < -0.39 is 0 Å². The van der Waals surface area contributed by atoms with Gasteiger partial charge in [-0.1, -0.05) is 83.1 Å². The first-order valence-corrected chi connectivity index (χ1v) is 11.0. The number of carbonyl (C=O) groups excluding carboxylic acids is 1. The van der Waals surface area contributed by atoms with Crippen molar-refractivity contribution in [1.82, 2.24) is 20.1 Å². The maximum atomic E-state index is 12.2. The molecule has 0 aliphatic carbocycles. The highest BCUT2D eigenvalue weighted by molar-refractivity contribution is 9.10. The number of hydrogen-bond acceptors (Lipinski definition) is 4. The van der Waals surface area contributed by atoms with Crippen LogP contribution < -0.4 is 5.32 Å². The third-order valence-electron chi connectivity index (χ3n) is 4.37. The summed E-state index contributed by atoms with van der Waals surface area (Å²) in [6.07, 6.45) is 0.910. The van der Waals surface area contributed by atoms with Gasteiger partial charge in [0, 0.05) is 16.1 Å². The minimum Gasteiger partial charge on any atom is -0.353 e. The summed E-state index contributed by atoms with van der Waals surface area (Å²) in [6.45, 7) is 4.70. The number of rotatable bonds is 8. The highest BCUT2D eigenvalue weighted by atomic mass is 79.9. The van der Waals surface area contributed by atoms with Crippen LogP contribution in [-0.2, 0) is 11.3 Å². The number of thioether (sulfide) groups is 1.